The SMILES string of the molecule is NC1=NC2C=C(Cl)SC2=C1. The molecule has 10 heavy (non-hydrogen) atoms. The van der Waals surface area contributed by atoms with Gasteiger partial charge in [-0.1, -0.05) is 23.4 Å². The summed E-state index contributed by atoms with van der Waals surface area (Å²) in [5.74, 6) is 0.605. The highest BCUT2D eigenvalue weighted by Crippen LogP contribution is 2.41. The summed E-state index contributed by atoms with van der Waals surface area (Å²) in [4.78, 5) is 5.26. The van der Waals surface area contributed by atoms with Gasteiger partial charge in [0.15, 0.2) is 0 Å². The topological polar surface area (TPSA) is 38.4 Å². The van der Waals surface area contributed by atoms with Crippen molar-refractivity contribution in [3.05, 3.63) is 21.4 Å². The predicted octanol–water partition coefficient (Wildman–Crippen LogP) is 1.44. The quantitative estimate of drug-likeness (QED) is 0.601. The highest BCUT2D eigenvalue weighted by Gasteiger charge is 2.24. The molecule has 0 aromatic heterocycles. The Kier molecular flexibility index (Phi) is 1.28. The highest BCUT2D eigenvalue weighted by molar-refractivity contribution is 8.08. The molecule has 2 aliphatic heterocycles. The summed E-state index contributed by atoms with van der Waals surface area (Å²) >= 11 is 7.27. The first kappa shape index (κ1) is 6.31. The molecular weight excluding hydrogens is 168 g/mol. The number of fused-ring (bicyclic) bond motifs is 1. The Morgan fingerprint density at radius 2 is 2.50 bits per heavy atom. The Bertz CT molecular complexity index is 267. The summed E-state index contributed by atoms with van der Waals surface area (Å²) in [6.07, 6.45) is 3.76. The number of nitrogens with zero attached hydrogens (tertiary/aromatic N) is 1. The number of amidine groups is 1. The van der Waals surface area contributed by atoms with Crippen LogP contribution in [0, 0.1) is 0 Å². The number of hydrogen-bond donors (Lipinski definition) is 1. The monoisotopic (exact) mass is 172 g/mol. The van der Waals surface area contributed by atoms with Crippen LogP contribution in [0.3, 0.4) is 0 Å². The second-order valence-corrected chi connectivity index (χ2v) is 3.87. The van der Waals surface area contributed by atoms with E-state index in [0.29, 0.717) is 5.84 Å². The molecule has 0 fully saturated rings. The summed E-state index contributed by atoms with van der Waals surface area (Å²) < 4.78 is 0.799. The van der Waals surface area contributed by atoms with Gasteiger partial charge >= 0.3 is 0 Å². The lowest BCUT2D eigenvalue weighted by molar-refractivity contribution is 1.05. The van der Waals surface area contributed by atoms with Crippen LogP contribution in [0.15, 0.2) is 26.4 Å². The predicted molar refractivity (Wildman–Crippen MR) is 45.0 cm³/mol. The van der Waals surface area contributed by atoms with E-state index in [1.807, 2.05) is 12.2 Å². The zero-order valence-corrected chi connectivity index (χ0v) is 6.62. The molecule has 4 heteroatoms. The van der Waals surface area contributed by atoms with Gasteiger partial charge in [0.1, 0.15) is 11.9 Å². The Hall–Kier alpha value is -0.410. The second-order valence-electron chi connectivity index (χ2n) is 2.12. The molecular formula is C6H5ClN2S. The lowest BCUT2D eigenvalue weighted by atomic mass is 10.3. The van der Waals surface area contributed by atoms with E-state index in [2.05, 4.69) is 4.99 Å². The van der Waals surface area contributed by atoms with Gasteiger partial charge in [-0.15, -0.1) is 0 Å². The lowest BCUT2D eigenvalue weighted by Gasteiger charge is -1.93. The minimum absolute atomic E-state index is 0.123. The molecule has 0 aromatic carbocycles. The average Bonchev–Trinajstić information content (AvgIpc) is 2.21. The maximum Gasteiger partial charge on any atom is 0.120 e. The van der Waals surface area contributed by atoms with Crippen molar-refractivity contribution in [2.45, 2.75) is 6.04 Å². The number of halogens is 1. The summed E-state index contributed by atoms with van der Waals surface area (Å²) in [7, 11) is 0. The maximum atomic E-state index is 5.74. The third-order valence-electron chi connectivity index (χ3n) is 1.37. The number of thioether (sulfide) groups is 1. The smallest absolute Gasteiger partial charge is 0.120 e. The first-order valence-electron chi connectivity index (χ1n) is 2.86. The van der Waals surface area contributed by atoms with Crippen LogP contribution in [0.5, 0.6) is 0 Å². The van der Waals surface area contributed by atoms with Crippen LogP contribution >= 0.6 is 23.4 Å². The molecule has 2 heterocycles. The van der Waals surface area contributed by atoms with Gasteiger partial charge in [0.25, 0.3) is 0 Å². The van der Waals surface area contributed by atoms with Crippen LogP contribution in [-0.4, -0.2) is 11.9 Å². The van der Waals surface area contributed by atoms with Crippen molar-refractivity contribution >= 4 is 29.2 Å². The van der Waals surface area contributed by atoms with Crippen molar-refractivity contribution in [1.82, 2.24) is 0 Å². The molecule has 0 saturated carbocycles. The van der Waals surface area contributed by atoms with Gasteiger partial charge in [0, 0.05) is 4.91 Å². The molecule has 2 nitrogen and oxygen atoms in total. The van der Waals surface area contributed by atoms with E-state index in [1.165, 1.54) is 11.8 Å². The summed E-state index contributed by atoms with van der Waals surface area (Å²) in [6, 6.07) is 0.123. The molecule has 2 N–H and O–H groups in total. The Morgan fingerprint density at radius 1 is 1.70 bits per heavy atom. The van der Waals surface area contributed by atoms with Gasteiger partial charge in [-0.05, 0) is 12.2 Å². The zero-order chi connectivity index (χ0) is 7.14. The molecule has 0 radical (unpaired) electrons. The van der Waals surface area contributed by atoms with E-state index in [0.717, 1.165) is 9.27 Å². The molecule has 0 saturated heterocycles. The minimum Gasteiger partial charge on any atom is -0.384 e. The van der Waals surface area contributed by atoms with Gasteiger partial charge in [-0.2, -0.15) is 0 Å². The Balaban J connectivity index is 2.34. The molecule has 0 spiro atoms. The minimum atomic E-state index is 0.123. The molecule has 1 unspecified atom stereocenters. The van der Waals surface area contributed by atoms with Gasteiger partial charge in [-0.25, -0.2) is 0 Å². The Morgan fingerprint density at radius 3 is 3.20 bits per heavy atom. The first-order valence-corrected chi connectivity index (χ1v) is 4.05. The molecule has 2 rings (SSSR count). The van der Waals surface area contributed by atoms with Crippen molar-refractivity contribution in [3.8, 4) is 0 Å². The van der Waals surface area contributed by atoms with Crippen LogP contribution in [-0.2, 0) is 0 Å². The molecule has 0 aliphatic carbocycles. The fraction of sp³-hybridized carbons (Fsp3) is 0.167. The summed E-state index contributed by atoms with van der Waals surface area (Å²) in [5.41, 5.74) is 5.46. The fourth-order valence-corrected chi connectivity index (χ4v) is 2.20. The van der Waals surface area contributed by atoms with Gasteiger partial charge < -0.3 is 5.73 Å². The van der Waals surface area contributed by atoms with E-state index < -0.39 is 0 Å². The number of hydrogen-bond acceptors (Lipinski definition) is 3. The van der Waals surface area contributed by atoms with Gasteiger partial charge in [-0.3, -0.25) is 4.99 Å². The van der Waals surface area contributed by atoms with Crippen molar-refractivity contribution in [1.29, 1.82) is 0 Å². The van der Waals surface area contributed by atoms with E-state index >= 15 is 0 Å². The second kappa shape index (κ2) is 2.04. The van der Waals surface area contributed by atoms with Crippen LogP contribution < -0.4 is 5.73 Å². The van der Waals surface area contributed by atoms with Crippen LogP contribution in [0.2, 0.25) is 0 Å². The van der Waals surface area contributed by atoms with Crippen LogP contribution in [0.25, 0.3) is 0 Å². The summed E-state index contributed by atoms with van der Waals surface area (Å²) in [6.45, 7) is 0. The van der Waals surface area contributed by atoms with E-state index in [4.69, 9.17) is 17.3 Å². The largest absolute Gasteiger partial charge is 0.384 e. The maximum absolute atomic E-state index is 5.74. The zero-order valence-electron chi connectivity index (χ0n) is 5.04. The molecule has 0 amide bonds. The van der Waals surface area contributed by atoms with Crippen molar-refractivity contribution in [3.63, 3.8) is 0 Å². The summed E-state index contributed by atoms with van der Waals surface area (Å²) in [5, 5.41) is 0. The van der Waals surface area contributed by atoms with E-state index in [-0.39, 0.29) is 6.04 Å². The van der Waals surface area contributed by atoms with Crippen molar-refractivity contribution in [2.24, 2.45) is 10.7 Å². The van der Waals surface area contributed by atoms with Gasteiger partial charge in [0.05, 0.1) is 4.36 Å². The molecule has 0 aromatic rings. The van der Waals surface area contributed by atoms with Crippen LogP contribution in [0.4, 0.5) is 0 Å². The average molecular weight is 173 g/mol. The standard InChI is InChI=1S/C6H5ClN2S/c7-5-1-3-4(10-5)2-6(8)9-3/h1-3H,(H2,8,9). The van der Waals surface area contributed by atoms with Crippen molar-refractivity contribution < 1.29 is 0 Å². The van der Waals surface area contributed by atoms with Crippen molar-refractivity contribution in [2.75, 3.05) is 0 Å². The first-order chi connectivity index (χ1) is 4.75. The third kappa shape index (κ3) is 0.859. The number of aliphatic imine (C=N–C) groups is 1. The third-order valence-corrected chi connectivity index (χ3v) is 2.66. The van der Waals surface area contributed by atoms with Crippen LogP contribution in [0.1, 0.15) is 0 Å². The van der Waals surface area contributed by atoms with E-state index in [9.17, 15) is 0 Å². The highest BCUT2D eigenvalue weighted by atomic mass is 35.5. The number of rotatable bonds is 0. The molecule has 1 atom stereocenters. The normalized spacial score (nSPS) is 29.3. The fourth-order valence-electron chi connectivity index (χ4n) is 0.973. The molecule has 0 bridgehead atoms. The Labute approximate surface area is 67.8 Å². The molecule has 2 aliphatic rings. The van der Waals surface area contributed by atoms with E-state index in [1.54, 1.807) is 0 Å². The molecule has 52 valence electrons. The van der Waals surface area contributed by atoms with Gasteiger partial charge in [0.2, 0.25) is 0 Å². The lowest BCUT2D eigenvalue weighted by Crippen LogP contribution is -2.05. The number of nitrogens with two attached hydrogens (primary N) is 1.